The monoisotopic (exact) mass is 1240 g/mol. The molecule has 6 heteroatoms. The van der Waals surface area contributed by atoms with Crippen LogP contribution in [0.15, 0.2) is 329 Å². The molecular formula is C90H52N2O3S. The molecule has 22 rings (SSSR count). The topological polar surface area (TPSA) is 45.9 Å². The molecule has 4 aromatic heterocycles. The first-order valence-corrected chi connectivity index (χ1v) is 33.8. The fourth-order valence-corrected chi connectivity index (χ4v) is 18.8. The Kier molecular flexibility index (Phi) is 10.5. The van der Waals surface area contributed by atoms with E-state index in [9.17, 15) is 0 Å². The number of hydrogen-bond donors (Lipinski definition) is 0. The molecule has 14 aromatic carbocycles. The zero-order valence-corrected chi connectivity index (χ0v) is 52.4. The highest BCUT2D eigenvalue weighted by atomic mass is 32.1. The predicted octanol–water partition coefficient (Wildman–Crippen LogP) is 24.7. The molecule has 0 radical (unpaired) electrons. The Morgan fingerprint density at radius 2 is 0.719 bits per heavy atom. The van der Waals surface area contributed by atoms with Crippen molar-refractivity contribution in [2.45, 2.75) is 10.8 Å². The van der Waals surface area contributed by atoms with E-state index in [2.05, 4.69) is 313 Å². The van der Waals surface area contributed by atoms with Gasteiger partial charge in [0.05, 0.1) is 16.5 Å². The number of para-hydroxylation sites is 4. The number of nitrogens with zero attached hydrogens (tertiary/aromatic N) is 2. The summed E-state index contributed by atoms with van der Waals surface area (Å²) in [5.41, 5.74) is 28.0. The third kappa shape index (κ3) is 6.77. The molecule has 4 heterocycles. The van der Waals surface area contributed by atoms with E-state index in [1.54, 1.807) is 0 Å². The second kappa shape index (κ2) is 19.2. The highest BCUT2D eigenvalue weighted by Gasteiger charge is 2.57. The van der Waals surface area contributed by atoms with Gasteiger partial charge in [-0.2, -0.15) is 0 Å². The Labute approximate surface area is 555 Å². The smallest absolute Gasteiger partial charge is 0.142 e. The first-order valence-electron chi connectivity index (χ1n) is 32.9. The van der Waals surface area contributed by atoms with Crippen molar-refractivity contribution in [2.75, 3.05) is 9.80 Å². The molecule has 2 spiro atoms. The molecule has 4 aliphatic rings. The van der Waals surface area contributed by atoms with Gasteiger partial charge in [0.2, 0.25) is 0 Å². The highest BCUT2D eigenvalue weighted by Crippen LogP contribution is 2.68. The molecule has 0 fully saturated rings. The van der Waals surface area contributed by atoms with Crippen LogP contribution in [0.1, 0.15) is 44.5 Å². The molecule has 0 aliphatic heterocycles. The second-order valence-corrected chi connectivity index (χ2v) is 27.1. The zero-order valence-electron chi connectivity index (χ0n) is 51.5. The molecule has 18 aromatic rings. The Morgan fingerprint density at radius 1 is 0.250 bits per heavy atom. The normalized spacial score (nSPS) is 13.8. The van der Waals surface area contributed by atoms with Gasteiger partial charge >= 0.3 is 0 Å². The van der Waals surface area contributed by atoms with E-state index in [1.165, 1.54) is 86.9 Å². The molecule has 0 saturated heterocycles. The molecule has 0 unspecified atom stereocenters. The summed E-state index contributed by atoms with van der Waals surface area (Å²) in [7, 11) is 0. The molecule has 0 atom stereocenters. The van der Waals surface area contributed by atoms with Crippen molar-refractivity contribution in [1.29, 1.82) is 0 Å². The summed E-state index contributed by atoms with van der Waals surface area (Å²) in [6.07, 6.45) is 0. The van der Waals surface area contributed by atoms with Crippen LogP contribution in [0.5, 0.6) is 0 Å². The van der Waals surface area contributed by atoms with Gasteiger partial charge in [0.15, 0.2) is 0 Å². The summed E-state index contributed by atoms with van der Waals surface area (Å²) in [5, 5.41) is 6.89. The minimum Gasteiger partial charge on any atom is -0.456 e. The lowest BCUT2D eigenvalue weighted by atomic mass is 9.70. The number of fused-ring (bicyclic) bond motifs is 30. The van der Waals surface area contributed by atoms with E-state index in [0.29, 0.717) is 0 Å². The average Bonchev–Trinajstić information content (AvgIpc) is 1.50. The van der Waals surface area contributed by atoms with Crippen LogP contribution in [-0.2, 0) is 10.8 Å². The molecule has 0 amide bonds. The lowest BCUT2D eigenvalue weighted by Crippen LogP contribution is -2.26. The van der Waals surface area contributed by atoms with Crippen LogP contribution in [0.25, 0.3) is 120 Å². The number of anilines is 6. The standard InChI is InChI=1S/C90H52N2O3S/c1-3-20-55(21-4-1)91(57-42-46-75-70(50-57)87-85(67-29-12-18-37-79(67)94-87)89(75)71-30-13-7-24-60(71)61-25-8-14-31-72(61)89)59-41-45-66-69-48-53(39-47-82(69)96-83(66)52-59)54-38-43-68-80(49-54)95-88-84-76(90(86(68)88)73-32-15-9-26-62(73)63-27-10-16-33-74(63)90)34-19-35-77(84)92(56-22-5-2-6-23-56)58-40-44-65-64-28-11-17-36-78(64)93-81(65)51-58/h1-52H. The number of rotatable bonds is 7. The van der Waals surface area contributed by atoms with Gasteiger partial charge in [-0.25, -0.2) is 0 Å². The summed E-state index contributed by atoms with van der Waals surface area (Å²) < 4.78 is 23.7. The minimum absolute atomic E-state index is 0.534. The van der Waals surface area contributed by atoms with Crippen LogP contribution >= 0.6 is 11.3 Å². The maximum atomic E-state index is 7.59. The van der Waals surface area contributed by atoms with E-state index in [-0.39, 0.29) is 0 Å². The van der Waals surface area contributed by atoms with Gasteiger partial charge in [-0.15, -0.1) is 11.3 Å². The van der Waals surface area contributed by atoms with E-state index < -0.39 is 10.8 Å². The quantitative estimate of drug-likeness (QED) is 0.159. The van der Waals surface area contributed by atoms with Crippen molar-refractivity contribution in [2.24, 2.45) is 0 Å². The van der Waals surface area contributed by atoms with Crippen molar-refractivity contribution in [3.8, 4) is 56.0 Å². The first kappa shape index (κ1) is 52.3. The fourth-order valence-electron chi connectivity index (χ4n) is 17.7. The second-order valence-electron chi connectivity index (χ2n) is 26.0. The van der Waals surface area contributed by atoms with Gasteiger partial charge < -0.3 is 23.1 Å². The van der Waals surface area contributed by atoms with Crippen LogP contribution in [0.3, 0.4) is 0 Å². The van der Waals surface area contributed by atoms with Crippen molar-refractivity contribution >= 4 is 110 Å². The zero-order chi connectivity index (χ0) is 62.5. The largest absolute Gasteiger partial charge is 0.456 e. The van der Waals surface area contributed by atoms with Crippen LogP contribution < -0.4 is 9.80 Å². The van der Waals surface area contributed by atoms with Gasteiger partial charge in [-0.1, -0.05) is 212 Å². The van der Waals surface area contributed by atoms with Crippen molar-refractivity contribution in [1.82, 2.24) is 0 Å². The summed E-state index contributed by atoms with van der Waals surface area (Å²) >= 11 is 1.84. The van der Waals surface area contributed by atoms with Crippen molar-refractivity contribution in [3.05, 3.63) is 360 Å². The van der Waals surface area contributed by atoms with E-state index >= 15 is 0 Å². The summed E-state index contributed by atoms with van der Waals surface area (Å²) in [6.45, 7) is 0. The van der Waals surface area contributed by atoms with Crippen LogP contribution in [0.2, 0.25) is 0 Å². The van der Waals surface area contributed by atoms with E-state index in [0.717, 1.165) is 112 Å². The number of thiophene rings is 1. The van der Waals surface area contributed by atoms with E-state index in [4.69, 9.17) is 13.3 Å². The molecule has 5 nitrogen and oxygen atoms in total. The Bertz CT molecular complexity index is 6290. The number of benzene rings is 14. The third-order valence-electron chi connectivity index (χ3n) is 21.5. The van der Waals surface area contributed by atoms with Gasteiger partial charge in [0, 0.05) is 98.5 Å². The first-order chi connectivity index (χ1) is 47.6. The Hall–Kier alpha value is -12.2. The summed E-state index contributed by atoms with van der Waals surface area (Å²) in [5.74, 6) is 1.82. The minimum atomic E-state index is -0.661. The Balaban J connectivity index is 0.685. The van der Waals surface area contributed by atoms with Gasteiger partial charge in [-0.3, -0.25) is 0 Å². The van der Waals surface area contributed by atoms with Crippen LogP contribution in [0.4, 0.5) is 34.1 Å². The molecule has 0 saturated carbocycles. The lowest BCUT2D eigenvalue weighted by Gasteiger charge is -2.31. The number of furan rings is 3. The van der Waals surface area contributed by atoms with Gasteiger partial charge in [-0.05, 0) is 164 Å². The van der Waals surface area contributed by atoms with Gasteiger partial charge in [0.1, 0.15) is 33.9 Å². The summed E-state index contributed by atoms with van der Waals surface area (Å²) in [6, 6.07) is 116. The highest BCUT2D eigenvalue weighted by molar-refractivity contribution is 7.25. The maximum Gasteiger partial charge on any atom is 0.142 e. The van der Waals surface area contributed by atoms with Gasteiger partial charge in [0.25, 0.3) is 0 Å². The summed E-state index contributed by atoms with van der Waals surface area (Å²) in [4.78, 5) is 4.79. The van der Waals surface area contributed by atoms with Crippen LogP contribution in [0, 0.1) is 0 Å². The lowest BCUT2D eigenvalue weighted by molar-refractivity contribution is 0.628. The molecule has 96 heavy (non-hydrogen) atoms. The maximum absolute atomic E-state index is 7.59. The molecule has 0 N–H and O–H groups in total. The number of hydrogen-bond acceptors (Lipinski definition) is 6. The third-order valence-corrected chi connectivity index (χ3v) is 22.6. The predicted molar refractivity (Wildman–Crippen MR) is 394 cm³/mol. The van der Waals surface area contributed by atoms with Crippen LogP contribution in [-0.4, -0.2) is 0 Å². The molecular weight excluding hydrogens is 1190 g/mol. The Morgan fingerprint density at radius 3 is 1.42 bits per heavy atom. The SMILES string of the molecule is c1ccc(N(c2ccc3c(c2)-c2oc4ccccc4c2C32c3ccccc3-c3ccccc32)c2ccc3c(c2)sc2ccc(-c4ccc5c6c(oc5c4)-c4c(N(c5ccccc5)c5ccc7c(c5)oc5ccccc57)cccc4C64c5ccccc5-c5ccccc54)cc23)cc1. The van der Waals surface area contributed by atoms with Crippen molar-refractivity contribution < 1.29 is 13.3 Å². The van der Waals surface area contributed by atoms with E-state index in [1.807, 2.05) is 23.5 Å². The average molecular weight is 1240 g/mol. The molecule has 446 valence electrons. The molecule has 4 aliphatic carbocycles. The fraction of sp³-hybridized carbons (Fsp3) is 0.0222. The van der Waals surface area contributed by atoms with Crippen molar-refractivity contribution in [3.63, 3.8) is 0 Å². The molecule has 0 bridgehead atoms.